The number of benzene rings is 2. The number of rotatable bonds is 4. The molecule has 0 saturated carbocycles. The third-order valence-electron chi connectivity index (χ3n) is 4.50. The summed E-state index contributed by atoms with van der Waals surface area (Å²) in [6.07, 6.45) is 0.663. The van der Waals surface area contributed by atoms with Crippen LogP contribution in [-0.2, 0) is 27.8 Å². The largest absolute Gasteiger partial charge is 0.309 e. The minimum atomic E-state index is -3.60. The lowest BCUT2D eigenvalue weighted by Gasteiger charge is -2.20. The average Bonchev–Trinajstić information content (AvgIpc) is 2.89. The van der Waals surface area contributed by atoms with Gasteiger partial charge in [-0.05, 0) is 49.6 Å². The van der Waals surface area contributed by atoms with E-state index in [1.807, 2.05) is 38.1 Å². The minimum Gasteiger partial charge on any atom is -0.309 e. The lowest BCUT2D eigenvalue weighted by molar-refractivity contribution is -0.116. The van der Waals surface area contributed by atoms with Crippen LogP contribution in [0.4, 0.5) is 5.69 Å². The second kappa shape index (κ2) is 6.61. The number of hydrogen-bond acceptors (Lipinski definition) is 3. The van der Waals surface area contributed by atoms with Gasteiger partial charge in [-0.3, -0.25) is 4.79 Å². The van der Waals surface area contributed by atoms with E-state index in [0.29, 0.717) is 6.42 Å². The van der Waals surface area contributed by atoms with Gasteiger partial charge in [0, 0.05) is 25.2 Å². The topological polar surface area (TPSA) is 66.5 Å². The summed E-state index contributed by atoms with van der Waals surface area (Å²) in [7, 11) is -3.60. The van der Waals surface area contributed by atoms with E-state index in [1.165, 1.54) is 6.92 Å². The van der Waals surface area contributed by atoms with Crippen molar-refractivity contribution in [2.24, 2.45) is 0 Å². The molecule has 0 bridgehead atoms. The number of anilines is 1. The van der Waals surface area contributed by atoms with Crippen molar-refractivity contribution in [2.45, 2.75) is 44.7 Å². The van der Waals surface area contributed by atoms with Crippen LogP contribution in [0.3, 0.4) is 0 Å². The highest BCUT2D eigenvalue weighted by Crippen LogP contribution is 2.33. The molecule has 0 spiro atoms. The van der Waals surface area contributed by atoms with E-state index in [2.05, 4.69) is 4.72 Å². The molecule has 5 nitrogen and oxygen atoms in total. The molecule has 132 valence electrons. The molecule has 1 aliphatic rings. The van der Waals surface area contributed by atoms with Gasteiger partial charge in [-0.1, -0.05) is 29.8 Å². The summed E-state index contributed by atoms with van der Waals surface area (Å²) in [5.41, 5.74) is 3.74. The summed E-state index contributed by atoms with van der Waals surface area (Å²) in [5, 5.41) is 0. The molecule has 2 aromatic rings. The number of carbonyl (C=O) groups is 1. The first-order valence-corrected chi connectivity index (χ1v) is 9.74. The van der Waals surface area contributed by atoms with Gasteiger partial charge in [0.2, 0.25) is 15.9 Å². The van der Waals surface area contributed by atoms with E-state index in [9.17, 15) is 13.2 Å². The maximum atomic E-state index is 12.6. The van der Waals surface area contributed by atoms with E-state index in [-0.39, 0.29) is 23.4 Å². The van der Waals surface area contributed by atoms with Crippen molar-refractivity contribution >= 4 is 21.6 Å². The molecule has 0 radical (unpaired) electrons. The highest BCUT2D eigenvalue weighted by molar-refractivity contribution is 7.89. The zero-order valence-corrected chi connectivity index (χ0v) is 15.4. The highest BCUT2D eigenvalue weighted by Gasteiger charge is 2.30. The highest BCUT2D eigenvalue weighted by atomic mass is 32.2. The fourth-order valence-electron chi connectivity index (χ4n) is 3.22. The van der Waals surface area contributed by atoms with Gasteiger partial charge >= 0.3 is 0 Å². The lowest BCUT2D eigenvalue weighted by atomic mass is 10.1. The molecule has 1 aliphatic heterocycles. The standard InChI is InChI=1S/C19H22N2O3S/c1-13-4-6-16(7-5-13)12-20-25(23,24)18-8-9-19-17(11-18)10-14(2)21(19)15(3)22/h4-9,11,14,20H,10,12H2,1-3H3/t14-/m0/s1. The van der Waals surface area contributed by atoms with Gasteiger partial charge < -0.3 is 4.90 Å². The lowest BCUT2D eigenvalue weighted by Crippen LogP contribution is -2.33. The molecule has 0 fully saturated rings. The molecule has 2 aromatic carbocycles. The van der Waals surface area contributed by atoms with Crippen molar-refractivity contribution in [3.63, 3.8) is 0 Å². The summed E-state index contributed by atoms with van der Waals surface area (Å²) in [6.45, 7) is 5.73. The maximum absolute atomic E-state index is 12.6. The van der Waals surface area contributed by atoms with Crippen molar-refractivity contribution in [3.05, 3.63) is 59.2 Å². The quantitative estimate of drug-likeness (QED) is 0.914. The molecule has 0 aromatic heterocycles. The Balaban J connectivity index is 1.81. The molecular formula is C19H22N2O3S. The van der Waals surface area contributed by atoms with Gasteiger partial charge in [0.05, 0.1) is 4.90 Å². The Morgan fingerprint density at radius 3 is 2.52 bits per heavy atom. The van der Waals surface area contributed by atoms with E-state index in [0.717, 1.165) is 22.4 Å². The molecule has 1 amide bonds. The smallest absolute Gasteiger partial charge is 0.240 e. The number of sulfonamides is 1. The predicted octanol–water partition coefficient (Wildman–Crippen LogP) is 2.77. The molecule has 3 rings (SSSR count). The van der Waals surface area contributed by atoms with Crippen LogP contribution in [0.1, 0.15) is 30.5 Å². The first-order chi connectivity index (χ1) is 11.8. The second-order valence-electron chi connectivity index (χ2n) is 6.54. The number of aryl methyl sites for hydroxylation is 1. The molecule has 1 heterocycles. The first kappa shape index (κ1) is 17.6. The Hall–Kier alpha value is -2.18. The van der Waals surface area contributed by atoms with Gasteiger partial charge in [-0.15, -0.1) is 0 Å². The van der Waals surface area contributed by atoms with E-state index in [4.69, 9.17) is 0 Å². The summed E-state index contributed by atoms with van der Waals surface area (Å²) < 4.78 is 27.8. The summed E-state index contributed by atoms with van der Waals surface area (Å²) in [4.78, 5) is 13.7. The van der Waals surface area contributed by atoms with Crippen LogP contribution in [0.25, 0.3) is 0 Å². The van der Waals surface area contributed by atoms with E-state index >= 15 is 0 Å². The zero-order chi connectivity index (χ0) is 18.2. The van der Waals surface area contributed by atoms with Crippen LogP contribution in [0.15, 0.2) is 47.4 Å². The van der Waals surface area contributed by atoms with Crippen molar-refractivity contribution in [3.8, 4) is 0 Å². The normalized spacial score (nSPS) is 16.8. The molecule has 1 atom stereocenters. The Bertz CT molecular complexity index is 905. The summed E-state index contributed by atoms with van der Waals surface area (Å²) in [5.74, 6) is -0.0284. The van der Waals surface area contributed by atoms with Gasteiger partial charge in [-0.25, -0.2) is 13.1 Å². The van der Waals surface area contributed by atoms with Crippen LogP contribution >= 0.6 is 0 Å². The average molecular weight is 358 g/mol. The van der Waals surface area contributed by atoms with Crippen LogP contribution in [0.5, 0.6) is 0 Å². The Kier molecular flexibility index (Phi) is 4.67. The van der Waals surface area contributed by atoms with E-state index in [1.54, 1.807) is 23.1 Å². The fraction of sp³-hybridized carbons (Fsp3) is 0.316. The van der Waals surface area contributed by atoms with Gasteiger partial charge in [-0.2, -0.15) is 0 Å². The Morgan fingerprint density at radius 1 is 1.20 bits per heavy atom. The maximum Gasteiger partial charge on any atom is 0.240 e. The number of carbonyl (C=O) groups excluding carboxylic acids is 1. The second-order valence-corrected chi connectivity index (χ2v) is 8.31. The van der Waals surface area contributed by atoms with Crippen LogP contribution in [-0.4, -0.2) is 20.4 Å². The Morgan fingerprint density at radius 2 is 1.88 bits per heavy atom. The monoisotopic (exact) mass is 358 g/mol. The molecule has 25 heavy (non-hydrogen) atoms. The number of nitrogens with one attached hydrogen (secondary N) is 1. The number of amides is 1. The van der Waals surface area contributed by atoms with Crippen LogP contribution in [0.2, 0.25) is 0 Å². The fourth-order valence-corrected chi connectivity index (χ4v) is 4.29. The molecule has 0 unspecified atom stereocenters. The van der Waals surface area contributed by atoms with Gasteiger partial charge in [0.15, 0.2) is 0 Å². The van der Waals surface area contributed by atoms with Crippen molar-refractivity contribution in [1.82, 2.24) is 4.72 Å². The summed E-state index contributed by atoms with van der Waals surface area (Å²) in [6, 6.07) is 12.7. The van der Waals surface area contributed by atoms with Crippen molar-refractivity contribution in [2.75, 3.05) is 4.90 Å². The molecule has 6 heteroatoms. The number of fused-ring (bicyclic) bond motifs is 1. The summed E-state index contributed by atoms with van der Waals surface area (Å²) >= 11 is 0. The third kappa shape index (κ3) is 3.60. The van der Waals surface area contributed by atoms with Gasteiger partial charge in [0.25, 0.3) is 0 Å². The SMILES string of the molecule is CC(=O)N1c2ccc(S(=O)(=O)NCc3ccc(C)cc3)cc2C[C@@H]1C. The molecule has 0 saturated heterocycles. The number of hydrogen-bond donors (Lipinski definition) is 1. The zero-order valence-electron chi connectivity index (χ0n) is 14.6. The molecule has 1 N–H and O–H groups in total. The third-order valence-corrected chi connectivity index (χ3v) is 5.90. The van der Waals surface area contributed by atoms with E-state index < -0.39 is 10.0 Å². The van der Waals surface area contributed by atoms with Crippen molar-refractivity contribution in [1.29, 1.82) is 0 Å². The first-order valence-electron chi connectivity index (χ1n) is 8.26. The van der Waals surface area contributed by atoms with Crippen LogP contribution < -0.4 is 9.62 Å². The Labute approximate surface area is 148 Å². The predicted molar refractivity (Wildman–Crippen MR) is 98.0 cm³/mol. The number of nitrogens with zero attached hydrogens (tertiary/aromatic N) is 1. The minimum absolute atomic E-state index is 0.0284. The van der Waals surface area contributed by atoms with Crippen LogP contribution in [0, 0.1) is 6.92 Å². The molecule has 0 aliphatic carbocycles. The van der Waals surface area contributed by atoms with Crippen molar-refractivity contribution < 1.29 is 13.2 Å². The molecular weight excluding hydrogens is 336 g/mol. The van der Waals surface area contributed by atoms with Gasteiger partial charge in [0.1, 0.15) is 0 Å².